The molecule has 0 aliphatic carbocycles. The number of rotatable bonds is 4. The zero-order valence-electron chi connectivity index (χ0n) is 12.6. The molecule has 0 aromatic heterocycles. The summed E-state index contributed by atoms with van der Waals surface area (Å²) in [7, 11) is 2.10. The Balaban J connectivity index is 1.89. The molecule has 4 heteroatoms. The van der Waals surface area contributed by atoms with Crippen molar-refractivity contribution in [2.75, 3.05) is 26.7 Å². The number of halogens is 1. The Morgan fingerprint density at radius 2 is 1.86 bits per heavy atom. The Morgan fingerprint density at radius 1 is 1.14 bits per heavy atom. The third-order valence-electron chi connectivity index (χ3n) is 3.85. The van der Waals surface area contributed by atoms with E-state index in [1.165, 1.54) is 0 Å². The lowest BCUT2D eigenvalue weighted by atomic mass is 10.0. The normalized spacial score (nSPS) is 20.5. The number of benzene rings is 2. The van der Waals surface area contributed by atoms with Gasteiger partial charge in [-0.15, -0.1) is 0 Å². The van der Waals surface area contributed by atoms with E-state index in [2.05, 4.69) is 11.9 Å². The molecule has 2 aromatic carbocycles. The van der Waals surface area contributed by atoms with Crippen LogP contribution in [0.3, 0.4) is 0 Å². The summed E-state index contributed by atoms with van der Waals surface area (Å²) in [6.45, 7) is 2.47. The van der Waals surface area contributed by atoms with Crippen LogP contribution in [0.2, 0.25) is 5.02 Å². The maximum absolute atomic E-state index is 6.39. The second kappa shape index (κ2) is 7.14. The van der Waals surface area contributed by atoms with Gasteiger partial charge >= 0.3 is 0 Å². The van der Waals surface area contributed by atoms with Gasteiger partial charge in [0.1, 0.15) is 11.9 Å². The second-order valence-corrected chi connectivity index (χ2v) is 5.95. The first-order valence-corrected chi connectivity index (χ1v) is 7.88. The van der Waals surface area contributed by atoms with Crippen LogP contribution in [0.4, 0.5) is 0 Å². The van der Waals surface area contributed by atoms with Gasteiger partial charge in [0.05, 0.1) is 6.61 Å². The van der Waals surface area contributed by atoms with E-state index in [9.17, 15) is 0 Å². The Labute approximate surface area is 136 Å². The predicted molar refractivity (Wildman–Crippen MR) is 88.5 cm³/mol. The fraction of sp³-hybridized carbons (Fsp3) is 0.333. The highest BCUT2D eigenvalue weighted by Crippen LogP contribution is 2.32. The lowest BCUT2D eigenvalue weighted by molar-refractivity contribution is -0.0759. The number of hydrogen-bond donors (Lipinski definition) is 0. The Kier molecular flexibility index (Phi) is 4.98. The Bertz CT molecular complexity index is 605. The van der Waals surface area contributed by atoms with E-state index in [1.54, 1.807) is 0 Å². The van der Waals surface area contributed by atoms with Crippen LogP contribution in [-0.4, -0.2) is 37.7 Å². The smallest absolute Gasteiger partial charge is 0.152 e. The van der Waals surface area contributed by atoms with Gasteiger partial charge in [-0.1, -0.05) is 48.0 Å². The van der Waals surface area contributed by atoms with Crippen molar-refractivity contribution < 1.29 is 9.47 Å². The van der Waals surface area contributed by atoms with Gasteiger partial charge in [-0.3, -0.25) is 0 Å². The van der Waals surface area contributed by atoms with E-state index in [4.69, 9.17) is 21.1 Å². The number of hydrogen-bond acceptors (Lipinski definition) is 3. The molecule has 22 heavy (non-hydrogen) atoms. The van der Waals surface area contributed by atoms with E-state index in [0.29, 0.717) is 11.6 Å². The van der Waals surface area contributed by atoms with E-state index >= 15 is 0 Å². The molecule has 0 saturated carbocycles. The van der Waals surface area contributed by atoms with Crippen LogP contribution in [0.25, 0.3) is 0 Å². The van der Waals surface area contributed by atoms with Crippen LogP contribution in [-0.2, 0) is 4.74 Å². The van der Waals surface area contributed by atoms with Crippen LogP contribution in [0.15, 0.2) is 54.6 Å². The highest BCUT2D eigenvalue weighted by atomic mass is 35.5. The molecule has 1 fully saturated rings. The molecule has 1 heterocycles. The van der Waals surface area contributed by atoms with Gasteiger partial charge in [0, 0.05) is 23.7 Å². The molecular weight excluding hydrogens is 298 g/mol. The van der Waals surface area contributed by atoms with Gasteiger partial charge in [-0.25, -0.2) is 0 Å². The van der Waals surface area contributed by atoms with Crippen LogP contribution < -0.4 is 4.74 Å². The number of nitrogens with zero attached hydrogens (tertiary/aromatic N) is 1. The monoisotopic (exact) mass is 317 g/mol. The van der Waals surface area contributed by atoms with Crippen LogP contribution >= 0.6 is 11.6 Å². The summed E-state index contributed by atoms with van der Waals surface area (Å²) in [5, 5.41) is 0.709. The summed E-state index contributed by atoms with van der Waals surface area (Å²) in [4.78, 5) is 2.26. The average Bonchev–Trinajstić information content (AvgIpc) is 2.54. The van der Waals surface area contributed by atoms with Crippen LogP contribution in [0, 0.1) is 0 Å². The molecule has 3 rings (SSSR count). The third-order valence-corrected chi connectivity index (χ3v) is 4.20. The summed E-state index contributed by atoms with van der Waals surface area (Å²) in [5.74, 6) is 0.823. The minimum absolute atomic E-state index is 0.0427. The number of likely N-dealkylation sites (N-methyl/N-ethyl adjacent to an activating group) is 1. The lowest BCUT2D eigenvalue weighted by Crippen LogP contribution is -2.44. The molecule has 116 valence electrons. The van der Waals surface area contributed by atoms with E-state index in [0.717, 1.165) is 24.4 Å². The summed E-state index contributed by atoms with van der Waals surface area (Å²) >= 11 is 6.39. The van der Waals surface area contributed by atoms with Crippen LogP contribution in [0.5, 0.6) is 5.75 Å². The minimum atomic E-state index is -0.223. The molecule has 0 amide bonds. The molecule has 2 atom stereocenters. The zero-order valence-corrected chi connectivity index (χ0v) is 13.4. The molecule has 0 bridgehead atoms. The fourth-order valence-corrected chi connectivity index (χ4v) is 2.93. The lowest BCUT2D eigenvalue weighted by Gasteiger charge is -2.35. The van der Waals surface area contributed by atoms with Crippen molar-refractivity contribution in [3.8, 4) is 5.75 Å². The van der Waals surface area contributed by atoms with Crippen molar-refractivity contribution >= 4 is 11.6 Å². The Morgan fingerprint density at radius 3 is 2.59 bits per heavy atom. The predicted octanol–water partition coefficient (Wildman–Crippen LogP) is 3.79. The third kappa shape index (κ3) is 3.61. The average molecular weight is 318 g/mol. The van der Waals surface area contributed by atoms with E-state index < -0.39 is 0 Å². The minimum Gasteiger partial charge on any atom is -0.483 e. The van der Waals surface area contributed by atoms with Gasteiger partial charge < -0.3 is 14.4 Å². The molecular formula is C18H20ClNO2. The summed E-state index contributed by atoms with van der Waals surface area (Å²) in [5.41, 5.74) is 0.966. The highest BCUT2D eigenvalue weighted by Gasteiger charge is 2.31. The first-order valence-electron chi connectivity index (χ1n) is 7.50. The summed E-state index contributed by atoms with van der Waals surface area (Å²) in [6, 6.07) is 17.6. The molecule has 1 aliphatic heterocycles. The molecule has 1 aliphatic rings. The van der Waals surface area contributed by atoms with Crippen LogP contribution in [0.1, 0.15) is 11.7 Å². The van der Waals surface area contributed by atoms with Crippen molar-refractivity contribution in [1.29, 1.82) is 0 Å². The standard InChI is InChI=1S/C18H20ClNO2/c1-20-11-12-21-17(13-20)18(15-9-5-6-10-16(15)19)22-14-7-3-2-4-8-14/h2-10,17-18H,11-13H2,1H3. The second-order valence-electron chi connectivity index (χ2n) is 5.54. The number of ether oxygens (including phenoxy) is 2. The van der Waals surface area contributed by atoms with Gasteiger partial charge in [0.15, 0.2) is 6.10 Å². The molecule has 2 unspecified atom stereocenters. The largest absolute Gasteiger partial charge is 0.483 e. The molecule has 0 N–H and O–H groups in total. The van der Waals surface area contributed by atoms with E-state index in [-0.39, 0.29) is 12.2 Å². The topological polar surface area (TPSA) is 21.7 Å². The number of morpholine rings is 1. The van der Waals surface area contributed by atoms with Crippen molar-refractivity contribution in [1.82, 2.24) is 4.90 Å². The maximum Gasteiger partial charge on any atom is 0.152 e. The Hall–Kier alpha value is -1.55. The highest BCUT2D eigenvalue weighted by molar-refractivity contribution is 6.31. The zero-order chi connectivity index (χ0) is 15.4. The molecule has 1 saturated heterocycles. The van der Waals surface area contributed by atoms with Gasteiger partial charge in [0.25, 0.3) is 0 Å². The van der Waals surface area contributed by atoms with Crippen molar-refractivity contribution in [2.45, 2.75) is 12.2 Å². The van der Waals surface area contributed by atoms with Gasteiger partial charge in [-0.2, -0.15) is 0 Å². The van der Waals surface area contributed by atoms with Crippen molar-refractivity contribution in [2.24, 2.45) is 0 Å². The molecule has 2 aromatic rings. The number of para-hydroxylation sites is 1. The SMILES string of the molecule is CN1CCOC(C(Oc2ccccc2)c2ccccc2Cl)C1. The molecule has 0 spiro atoms. The maximum atomic E-state index is 6.39. The first-order chi connectivity index (χ1) is 10.7. The molecule has 3 nitrogen and oxygen atoms in total. The summed E-state index contributed by atoms with van der Waals surface area (Å²) in [6.07, 6.45) is -0.266. The molecule has 0 radical (unpaired) electrons. The fourth-order valence-electron chi connectivity index (χ4n) is 2.69. The first kappa shape index (κ1) is 15.3. The van der Waals surface area contributed by atoms with E-state index in [1.807, 2.05) is 54.6 Å². The van der Waals surface area contributed by atoms with Crippen molar-refractivity contribution in [3.05, 3.63) is 65.2 Å². The summed E-state index contributed by atoms with van der Waals surface area (Å²) < 4.78 is 12.2. The quantitative estimate of drug-likeness (QED) is 0.856. The van der Waals surface area contributed by atoms with Gasteiger partial charge in [0.2, 0.25) is 0 Å². The van der Waals surface area contributed by atoms with Gasteiger partial charge in [-0.05, 0) is 25.2 Å². The van der Waals surface area contributed by atoms with Crippen molar-refractivity contribution in [3.63, 3.8) is 0 Å².